The molecule has 8 nitrogen and oxygen atoms in total. The number of para-hydroxylation sites is 1. The van der Waals surface area contributed by atoms with Crippen molar-refractivity contribution in [3.8, 4) is 5.75 Å². The molecule has 9 heteroatoms. The van der Waals surface area contributed by atoms with Crippen molar-refractivity contribution in [2.75, 3.05) is 23.9 Å². The Morgan fingerprint density at radius 1 is 1.00 bits per heavy atom. The van der Waals surface area contributed by atoms with Gasteiger partial charge in [0.15, 0.2) is 0 Å². The van der Waals surface area contributed by atoms with Crippen LogP contribution in [0.3, 0.4) is 0 Å². The zero-order valence-electron chi connectivity index (χ0n) is 20.4. The third-order valence-corrected chi connectivity index (χ3v) is 6.18. The van der Waals surface area contributed by atoms with E-state index < -0.39 is 41.9 Å². The molecule has 0 fully saturated rings. The van der Waals surface area contributed by atoms with E-state index in [-0.39, 0.29) is 18.5 Å². The van der Waals surface area contributed by atoms with Crippen LogP contribution in [0.15, 0.2) is 72.8 Å². The van der Waals surface area contributed by atoms with E-state index >= 15 is 0 Å². The number of hydrogen-bond acceptors (Lipinski definition) is 5. The van der Waals surface area contributed by atoms with E-state index in [0.717, 1.165) is 4.90 Å². The van der Waals surface area contributed by atoms with E-state index in [1.807, 2.05) is 0 Å². The highest BCUT2D eigenvalue weighted by Crippen LogP contribution is 2.29. The number of hydrogen-bond donors (Lipinski definition) is 1. The Morgan fingerprint density at radius 3 is 2.32 bits per heavy atom. The van der Waals surface area contributed by atoms with Crippen molar-refractivity contribution in [3.63, 3.8) is 0 Å². The number of anilines is 2. The van der Waals surface area contributed by atoms with Crippen LogP contribution in [-0.4, -0.2) is 48.1 Å². The molecule has 3 aromatic carbocycles. The fourth-order valence-electron chi connectivity index (χ4n) is 4.24. The molecule has 37 heavy (non-hydrogen) atoms. The molecular formula is C28H26FN3O5. The quantitative estimate of drug-likeness (QED) is 0.448. The Kier molecular flexibility index (Phi) is 7.62. The molecule has 1 N–H and O–H groups in total. The number of methoxy groups -OCH3 is 1. The summed E-state index contributed by atoms with van der Waals surface area (Å²) in [6.45, 7) is 1.35. The number of fused-ring (bicyclic) bond motifs is 1. The van der Waals surface area contributed by atoms with Crippen molar-refractivity contribution in [1.82, 2.24) is 4.90 Å². The van der Waals surface area contributed by atoms with Gasteiger partial charge in [-0.3, -0.25) is 24.1 Å². The van der Waals surface area contributed by atoms with E-state index in [2.05, 4.69) is 5.32 Å². The fraction of sp³-hybridized carbons (Fsp3) is 0.214. The van der Waals surface area contributed by atoms with E-state index in [1.54, 1.807) is 49.4 Å². The van der Waals surface area contributed by atoms with Crippen molar-refractivity contribution in [2.45, 2.75) is 25.9 Å². The van der Waals surface area contributed by atoms with Crippen molar-refractivity contribution >= 4 is 34.9 Å². The average Bonchev–Trinajstić information content (AvgIpc) is 3.15. The minimum Gasteiger partial charge on any atom is -0.497 e. The first-order valence-corrected chi connectivity index (χ1v) is 11.8. The molecule has 0 bridgehead atoms. The zero-order valence-corrected chi connectivity index (χ0v) is 20.4. The number of nitrogens with one attached hydrogen (secondary N) is 1. The van der Waals surface area contributed by atoms with E-state index in [1.165, 1.54) is 42.3 Å². The minimum absolute atomic E-state index is 0.00523. The van der Waals surface area contributed by atoms with E-state index in [4.69, 9.17) is 4.74 Å². The molecule has 0 radical (unpaired) electrons. The van der Waals surface area contributed by atoms with E-state index in [0.29, 0.717) is 22.7 Å². The molecule has 0 saturated carbocycles. The van der Waals surface area contributed by atoms with Crippen molar-refractivity contribution in [1.29, 1.82) is 0 Å². The lowest BCUT2D eigenvalue weighted by molar-refractivity contribution is -0.138. The molecule has 0 aromatic heterocycles. The van der Waals surface area contributed by atoms with Gasteiger partial charge >= 0.3 is 0 Å². The lowest BCUT2D eigenvalue weighted by atomic mass is 10.1. The van der Waals surface area contributed by atoms with Gasteiger partial charge < -0.3 is 15.0 Å². The molecular weight excluding hydrogens is 477 g/mol. The molecule has 1 unspecified atom stereocenters. The Bertz CT molecular complexity index is 1320. The number of nitrogens with zero attached hydrogens (tertiary/aromatic N) is 2. The van der Waals surface area contributed by atoms with Crippen LogP contribution in [0.25, 0.3) is 0 Å². The van der Waals surface area contributed by atoms with Gasteiger partial charge in [0.25, 0.3) is 11.7 Å². The number of rotatable bonds is 9. The lowest BCUT2D eigenvalue weighted by Gasteiger charge is -2.32. The summed E-state index contributed by atoms with van der Waals surface area (Å²) < 4.78 is 18.6. The maximum absolute atomic E-state index is 13.6. The molecule has 1 aliphatic rings. The Balaban J connectivity index is 1.61. The fourth-order valence-corrected chi connectivity index (χ4v) is 4.24. The predicted octanol–water partition coefficient (Wildman–Crippen LogP) is 3.81. The molecule has 0 saturated heterocycles. The largest absolute Gasteiger partial charge is 0.497 e. The Hall–Kier alpha value is -4.53. The topological polar surface area (TPSA) is 96.0 Å². The number of benzene rings is 3. The second-order valence-corrected chi connectivity index (χ2v) is 8.53. The molecule has 0 spiro atoms. The zero-order chi connectivity index (χ0) is 26.5. The molecule has 1 aliphatic heterocycles. The number of Topliss-reactive ketones (excluding diaryl/α,β-unsaturated/α-hetero) is 1. The highest BCUT2D eigenvalue weighted by atomic mass is 19.1. The molecule has 1 heterocycles. The van der Waals surface area contributed by atoms with Crippen molar-refractivity contribution < 1.29 is 28.3 Å². The number of ether oxygens (including phenoxy) is 1. The number of amides is 3. The molecule has 3 aromatic rings. The van der Waals surface area contributed by atoms with Crippen LogP contribution in [0.2, 0.25) is 0 Å². The SMILES string of the molecule is CCC(C(=O)Nc1ccc(OC)cc1)N(Cc1ccc(F)cc1)C(=O)CN1C(=O)C(=O)c2ccccc21. The third-order valence-electron chi connectivity index (χ3n) is 6.18. The lowest BCUT2D eigenvalue weighted by Crippen LogP contribution is -2.50. The van der Waals surface area contributed by atoms with Crippen LogP contribution in [-0.2, 0) is 20.9 Å². The molecule has 3 amide bonds. The summed E-state index contributed by atoms with van der Waals surface area (Å²) in [4.78, 5) is 54.5. The monoisotopic (exact) mass is 503 g/mol. The van der Waals surface area contributed by atoms with E-state index in [9.17, 15) is 23.6 Å². The van der Waals surface area contributed by atoms with Crippen LogP contribution >= 0.6 is 0 Å². The van der Waals surface area contributed by atoms with Gasteiger partial charge in [0, 0.05) is 12.2 Å². The molecule has 4 rings (SSSR count). The first-order chi connectivity index (χ1) is 17.8. The molecule has 0 aliphatic carbocycles. The number of carbonyl (C=O) groups is 4. The molecule has 1 atom stereocenters. The summed E-state index contributed by atoms with van der Waals surface area (Å²) in [5.41, 5.74) is 1.71. The van der Waals surface area contributed by atoms with Crippen LogP contribution < -0.4 is 15.0 Å². The number of carbonyl (C=O) groups excluding carboxylic acids is 4. The van der Waals surface area contributed by atoms with Crippen LogP contribution in [0.1, 0.15) is 29.3 Å². The van der Waals surface area contributed by atoms with Gasteiger partial charge in [-0.1, -0.05) is 31.2 Å². The Labute approximate surface area is 213 Å². The second-order valence-electron chi connectivity index (χ2n) is 8.53. The highest BCUT2D eigenvalue weighted by Gasteiger charge is 2.38. The summed E-state index contributed by atoms with van der Waals surface area (Å²) in [5.74, 6) is -2.23. The van der Waals surface area contributed by atoms with Gasteiger partial charge in [-0.15, -0.1) is 0 Å². The van der Waals surface area contributed by atoms with Crippen molar-refractivity contribution in [3.05, 3.63) is 89.7 Å². The van der Waals surface area contributed by atoms with Gasteiger partial charge in [0.1, 0.15) is 24.2 Å². The average molecular weight is 504 g/mol. The standard InChI is InChI=1S/C28H26FN3O5/c1-3-23(27(35)30-20-12-14-21(37-2)15-13-20)31(16-18-8-10-19(29)11-9-18)25(33)17-32-24-7-5-4-6-22(24)26(34)28(32)36/h4-15,23H,3,16-17H2,1-2H3,(H,30,35). The van der Waals surface area contributed by atoms with Crippen LogP contribution in [0.4, 0.5) is 15.8 Å². The van der Waals surface area contributed by atoms with Gasteiger partial charge in [-0.05, 0) is 60.5 Å². The molecule has 190 valence electrons. The van der Waals surface area contributed by atoms with Crippen LogP contribution in [0.5, 0.6) is 5.75 Å². The Morgan fingerprint density at radius 2 is 1.68 bits per heavy atom. The van der Waals surface area contributed by atoms with Crippen molar-refractivity contribution in [2.24, 2.45) is 0 Å². The third kappa shape index (κ3) is 5.50. The summed E-state index contributed by atoms with van der Waals surface area (Å²) in [7, 11) is 1.54. The first-order valence-electron chi connectivity index (χ1n) is 11.8. The smallest absolute Gasteiger partial charge is 0.299 e. The maximum Gasteiger partial charge on any atom is 0.299 e. The minimum atomic E-state index is -0.900. The normalized spacial score (nSPS) is 13.2. The van der Waals surface area contributed by atoms with Gasteiger partial charge in [-0.2, -0.15) is 0 Å². The van der Waals surface area contributed by atoms with Gasteiger partial charge in [-0.25, -0.2) is 4.39 Å². The predicted molar refractivity (Wildman–Crippen MR) is 136 cm³/mol. The van der Waals surface area contributed by atoms with Gasteiger partial charge in [0.05, 0.1) is 18.4 Å². The second kappa shape index (κ2) is 11.0. The summed E-state index contributed by atoms with van der Waals surface area (Å²) in [5, 5.41) is 2.82. The highest BCUT2D eigenvalue weighted by molar-refractivity contribution is 6.52. The number of halogens is 1. The number of ketones is 1. The maximum atomic E-state index is 13.6. The summed E-state index contributed by atoms with van der Waals surface area (Å²) in [6, 6.07) is 17.9. The summed E-state index contributed by atoms with van der Waals surface area (Å²) >= 11 is 0. The van der Waals surface area contributed by atoms with Gasteiger partial charge in [0.2, 0.25) is 11.8 Å². The summed E-state index contributed by atoms with van der Waals surface area (Å²) in [6.07, 6.45) is 0.276. The first kappa shape index (κ1) is 25.6. The van der Waals surface area contributed by atoms with Crippen LogP contribution in [0, 0.1) is 5.82 Å².